The van der Waals surface area contributed by atoms with Crippen molar-refractivity contribution >= 4 is 23.5 Å². The van der Waals surface area contributed by atoms with Crippen LogP contribution in [0.3, 0.4) is 0 Å². The van der Waals surface area contributed by atoms with E-state index >= 15 is 0 Å². The van der Waals surface area contributed by atoms with Gasteiger partial charge in [0.05, 0.1) is 6.61 Å². The second-order valence-corrected chi connectivity index (χ2v) is 10.7. The average molecular weight is 484 g/mol. The van der Waals surface area contributed by atoms with Crippen molar-refractivity contribution < 1.29 is 18.7 Å². The quantitative estimate of drug-likeness (QED) is 0.266. The third-order valence-corrected chi connectivity index (χ3v) is 7.98. The van der Waals surface area contributed by atoms with Crippen molar-refractivity contribution in [2.75, 3.05) is 12.4 Å². The number of unbranched alkanes of at least 4 members (excludes halogenated alkanes) is 1. The Balaban J connectivity index is 1.16. The highest BCUT2D eigenvalue weighted by Gasteiger charge is 2.35. The van der Waals surface area contributed by atoms with Crippen molar-refractivity contribution in [3.05, 3.63) is 65.0 Å². The number of Topliss-reactive ketones (excluding diaryl/α,β-unsaturated/α-hetero) is 2. The SMILES string of the molecule is CC(CCCCSN[C@H](C)c1ccc(F)c(OCC2CC2)c1)C1CC(=O)c2ccccc2C1=O. The number of rotatable bonds is 12. The number of carbonyl (C=O) groups is 2. The molecule has 0 heterocycles. The molecule has 1 fully saturated rings. The van der Waals surface area contributed by atoms with E-state index < -0.39 is 0 Å². The van der Waals surface area contributed by atoms with Crippen LogP contribution < -0.4 is 9.46 Å². The van der Waals surface area contributed by atoms with Crippen molar-refractivity contribution in [1.82, 2.24) is 4.72 Å². The van der Waals surface area contributed by atoms with Gasteiger partial charge < -0.3 is 4.74 Å². The molecule has 2 aromatic carbocycles. The Labute approximate surface area is 206 Å². The Bertz CT molecular complexity index is 1020. The summed E-state index contributed by atoms with van der Waals surface area (Å²) in [5, 5.41) is 0. The number of halogens is 1. The van der Waals surface area contributed by atoms with E-state index in [1.54, 1.807) is 36.2 Å². The first-order valence-electron chi connectivity index (χ1n) is 12.4. The monoisotopic (exact) mass is 483 g/mol. The third kappa shape index (κ3) is 6.28. The lowest BCUT2D eigenvalue weighted by molar-refractivity contribution is 0.0774. The van der Waals surface area contributed by atoms with Crippen LogP contribution in [0.5, 0.6) is 5.75 Å². The lowest BCUT2D eigenvalue weighted by atomic mass is 9.74. The van der Waals surface area contributed by atoms with Crippen LogP contribution in [0, 0.1) is 23.6 Å². The van der Waals surface area contributed by atoms with Gasteiger partial charge in [-0.2, -0.15) is 0 Å². The lowest BCUT2D eigenvalue weighted by Gasteiger charge is -2.27. The molecular formula is C28H34FNO3S. The molecule has 0 spiro atoms. The summed E-state index contributed by atoms with van der Waals surface area (Å²) >= 11 is 1.67. The van der Waals surface area contributed by atoms with E-state index in [9.17, 15) is 14.0 Å². The number of hydrogen-bond donors (Lipinski definition) is 1. The summed E-state index contributed by atoms with van der Waals surface area (Å²) < 4.78 is 23.1. The Morgan fingerprint density at radius 2 is 1.85 bits per heavy atom. The van der Waals surface area contributed by atoms with Gasteiger partial charge in [0.25, 0.3) is 0 Å². The molecule has 2 aliphatic rings. The van der Waals surface area contributed by atoms with Crippen molar-refractivity contribution in [2.24, 2.45) is 17.8 Å². The molecule has 3 atom stereocenters. The molecule has 1 saturated carbocycles. The fourth-order valence-corrected chi connectivity index (χ4v) is 5.34. The second-order valence-electron chi connectivity index (χ2n) is 9.75. The van der Waals surface area contributed by atoms with E-state index in [2.05, 4.69) is 18.6 Å². The number of nitrogens with one attached hydrogen (secondary N) is 1. The van der Waals surface area contributed by atoms with E-state index in [0.717, 1.165) is 30.6 Å². The average Bonchev–Trinajstić information content (AvgIpc) is 3.67. The minimum absolute atomic E-state index is 0.0822. The molecule has 182 valence electrons. The first-order valence-corrected chi connectivity index (χ1v) is 13.4. The zero-order valence-electron chi connectivity index (χ0n) is 20.0. The molecule has 0 amide bonds. The summed E-state index contributed by atoms with van der Waals surface area (Å²) in [6.07, 6.45) is 5.66. The number of benzene rings is 2. The number of carbonyl (C=O) groups excluding carboxylic acids is 2. The highest BCUT2D eigenvalue weighted by molar-refractivity contribution is 7.97. The van der Waals surface area contributed by atoms with Gasteiger partial charge in [-0.15, -0.1) is 0 Å². The minimum Gasteiger partial charge on any atom is -0.490 e. The fourth-order valence-electron chi connectivity index (χ4n) is 4.49. The molecule has 1 N–H and O–H groups in total. The maximum Gasteiger partial charge on any atom is 0.167 e. The molecule has 0 aliphatic heterocycles. The molecule has 4 rings (SSSR count). The van der Waals surface area contributed by atoms with Crippen LogP contribution in [0.1, 0.15) is 84.7 Å². The number of hydrogen-bond acceptors (Lipinski definition) is 5. The molecule has 0 saturated heterocycles. The number of fused-ring (bicyclic) bond motifs is 1. The van der Waals surface area contributed by atoms with E-state index in [1.807, 2.05) is 12.1 Å². The summed E-state index contributed by atoms with van der Waals surface area (Å²) in [7, 11) is 0. The van der Waals surface area contributed by atoms with Gasteiger partial charge in [-0.05, 0) is 62.1 Å². The smallest absolute Gasteiger partial charge is 0.167 e. The first-order chi connectivity index (χ1) is 16.4. The van der Waals surface area contributed by atoms with Crippen LogP contribution in [0.25, 0.3) is 0 Å². The van der Waals surface area contributed by atoms with Crippen molar-refractivity contribution in [3.8, 4) is 5.75 Å². The summed E-state index contributed by atoms with van der Waals surface area (Å²) in [5.74, 6) is 1.76. The zero-order valence-corrected chi connectivity index (χ0v) is 20.8. The standard InChI is InChI=1S/C28H34FNO3S/c1-18(24-16-26(31)22-8-3-4-9-23(22)28(24)32)7-5-6-14-34-30-19(2)21-12-13-25(29)27(15-21)33-17-20-10-11-20/h3-4,8-9,12-13,15,18-20,24,30H,5-7,10-11,14,16-17H2,1-2H3/t18?,19-,24?/m1/s1. The van der Waals surface area contributed by atoms with Crippen molar-refractivity contribution in [2.45, 2.75) is 58.4 Å². The van der Waals surface area contributed by atoms with E-state index in [0.29, 0.717) is 35.8 Å². The van der Waals surface area contributed by atoms with Crippen molar-refractivity contribution in [1.29, 1.82) is 0 Å². The topological polar surface area (TPSA) is 55.4 Å². The van der Waals surface area contributed by atoms with E-state index in [4.69, 9.17) is 4.74 Å². The van der Waals surface area contributed by atoms with Gasteiger partial charge >= 0.3 is 0 Å². The van der Waals surface area contributed by atoms with Gasteiger partial charge in [-0.25, -0.2) is 4.39 Å². The highest BCUT2D eigenvalue weighted by Crippen LogP contribution is 2.33. The molecule has 2 aliphatic carbocycles. The summed E-state index contributed by atoms with van der Waals surface area (Å²) in [6.45, 7) is 4.76. The third-order valence-electron chi connectivity index (χ3n) is 6.96. The molecule has 2 unspecified atom stereocenters. The normalized spacial score (nSPS) is 19.6. The molecule has 4 nitrogen and oxygen atoms in total. The highest BCUT2D eigenvalue weighted by atomic mass is 32.2. The van der Waals surface area contributed by atoms with Crippen LogP contribution in [-0.2, 0) is 0 Å². The van der Waals surface area contributed by atoms with Crippen LogP contribution in [0.15, 0.2) is 42.5 Å². The van der Waals surface area contributed by atoms with Gasteiger partial charge in [0.1, 0.15) is 0 Å². The summed E-state index contributed by atoms with van der Waals surface area (Å²) in [5.41, 5.74) is 2.18. The Morgan fingerprint density at radius 3 is 2.62 bits per heavy atom. The van der Waals surface area contributed by atoms with Crippen molar-refractivity contribution in [3.63, 3.8) is 0 Å². The van der Waals surface area contributed by atoms with Gasteiger partial charge in [0.2, 0.25) is 0 Å². The maximum atomic E-state index is 14.0. The minimum atomic E-state index is -0.306. The largest absolute Gasteiger partial charge is 0.490 e. The summed E-state index contributed by atoms with van der Waals surface area (Å²) in [6, 6.07) is 12.4. The maximum absolute atomic E-state index is 14.0. The number of ether oxygens (including phenoxy) is 1. The van der Waals surface area contributed by atoms with Crippen LogP contribution in [0.2, 0.25) is 0 Å². The van der Waals surface area contributed by atoms with Crippen LogP contribution >= 0.6 is 11.9 Å². The zero-order chi connectivity index (χ0) is 24.1. The van der Waals surface area contributed by atoms with E-state index in [1.165, 1.54) is 18.9 Å². The summed E-state index contributed by atoms with van der Waals surface area (Å²) in [4.78, 5) is 25.3. The van der Waals surface area contributed by atoms with Crippen LogP contribution in [-0.4, -0.2) is 23.9 Å². The molecule has 0 radical (unpaired) electrons. The Hall–Kier alpha value is -2.18. The predicted molar refractivity (Wildman–Crippen MR) is 135 cm³/mol. The first kappa shape index (κ1) is 24.9. The Kier molecular flexibility index (Phi) is 8.43. The Morgan fingerprint density at radius 1 is 1.09 bits per heavy atom. The van der Waals surface area contributed by atoms with E-state index in [-0.39, 0.29) is 35.3 Å². The molecule has 0 bridgehead atoms. The number of ketones is 2. The molecule has 6 heteroatoms. The van der Waals surface area contributed by atoms with Gasteiger partial charge in [-0.1, -0.05) is 55.6 Å². The van der Waals surface area contributed by atoms with Gasteiger partial charge in [0, 0.05) is 35.3 Å². The second kappa shape index (κ2) is 11.5. The molecule has 2 aromatic rings. The lowest BCUT2D eigenvalue weighted by Crippen LogP contribution is -2.31. The molecular weight excluding hydrogens is 449 g/mol. The molecule has 0 aromatic heterocycles. The fraction of sp³-hybridized carbons (Fsp3) is 0.500. The molecule has 34 heavy (non-hydrogen) atoms. The van der Waals surface area contributed by atoms with Crippen LogP contribution in [0.4, 0.5) is 4.39 Å². The van der Waals surface area contributed by atoms with Gasteiger partial charge in [0.15, 0.2) is 23.1 Å². The predicted octanol–water partition coefficient (Wildman–Crippen LogP) is 6.81. The van der Waals surface area contributed by atoms with Gasteiger partial charge in [-0.3, -0.25) is 14.3 Å².